The molecule has 1 unspecified atom stereocenters. The molecular weight excluding hydrogens is 282 g/mol. The van der Waals surface area contributed by atoms with E-state index < -0.39 is 0 Å². The first-order valence-corrected chi connectivity index (χ1v) is 8.52. The van der Waals surface area contributed by atoms with Crippen LogP contribution < -0.4 is 10.2 Å². The largest absolute Gasteiger partial charge is 0.378 e. The molecule has 5 heteroatoms. The maximum atomic E-state index is 5.29. The molecule has 0 radical (unpaired) electrons. The molecule has 1 rings (SSSR count). The lowest BCUT2D eigenvalue weighted by atomic mass is 10.1. The Morgan fingerprint density at radius 2 is 2.05 bits per heavy atom. The fraction of sp³-hybridized carbons (Fsp3) is 0.812. The normalized spacial score (nSPS) is 13.5. The van der Waals surface area contributed by atoms with E-state index in [9.17, 15) is 0 Å². The van der Waals surface area contributed by atoms with Gasteiger partial charge in [-0.2, -0.15) is 0 Å². The summed E-state index contributed by atoms with van der Waals surface area (Å²) in [6, 6.07) is 0. The molecule has 0 aliphatic rings. The second-order valence-electron chi connectivity index (χ2n) is 6.80. The molecule has 1 aromatic heterocycles. The number of nitrogens with one attached hydrogen (secondary N) is 1. The third-order valence-electron chi connectivity index (χ3n) is 3.44. The lowest BCUT2D eigenvalue weighted by Crippen LogP contribution is -2.35. The maximum Gasteiger partial charge on any atom is 0.185 e. The van der Waals surface area contributed by atoms with Crippen LogP contribution in [-0.2, 0) is 17.9 Å². The van der Waals surface area contributed by atoms with E-state index in [4.69, 9.17) is 9.72 Å². The number of hydrogen-bond donors (Lipinski definition) is 1. The first-order valence-electron chi connectivity index (χ1n) is 7.70. The Hall–Kier alpha value is -0.650. The molecule has 0 bridgehead atoms. The van der Waals surface area contributed by atoms with E-state index in [0.717, 1.165) is 23.9 Å². The number of hydrogen-bond acceptors (Lipinski definition) is 5. The van der Waals surface area contributed by atoms with Gasteiger partial charge in [-0.3, -0.25) is 0 Å². The Bertz CT molecular complexity index is 426. The van der Waals surface area contributed by atoms with Gasteiger partial charge in [-0.25, -0.2) is 4.98 Å². The van der Waals surface area contributed by atoms with Gasteiger partial charge in [0.05, 0.1) is 12.3 Å². The minimum Gasteiger partial charge on any atom is -0.378 e. The molecule has 0 saturated heterocycles. The van der Waals surface area contributed by atoms with E-state index in [1.165, 1.54) is 11.3 Å². The standard InChI is InChI=1S/C16H31N3OS/c1-8-12(2)10-19(6)15-18-13(11-20-7)14(21-15)9-17-16(3,4)5/h12,17H,8-11H2,1-7H3. The Morgan fingerprint density at radius 3 is 2.57 bits per heavy atom. The van der Waals surface area contributed by atoms with Crippen molar-refractivity contribution in [2.45, 2.75) is 59.7 Å². The van der Waals surface area contributed by atoms with Gasteiger partial charge in [-0.05, 0) is 26.7 Å². The maximum absolute atomic E-state index is 5.29. The molecule has 122 valence electrons. The Kier molecular flexibility index (Phi) is 7.10. The van der Waals surface area contributed by atoms with Crippen LogP contribution in [-0.4, -0.2) is 31.2 Å². The van der Waals surface area contributed by atoms with Crippen LogP contribution in [0.2, 0.25) is 0 Å². The third kappa shape index (κ3) is 6.32. The van der Waals surface area contributed by atoms with Crippen LogP contribution in [0.25, 0.3) is 0 Å². The Morgan fingerprint density at radius 1 is 1.38 bits per heavy atom. The van der Waals surface area contributed by atoms with Crippen molar-refractivity contribution in [1.29, 1.82) is 0 Å². The van der Waals surface area contributed by atoms with E-state index in [-0.39, 0.29) is 5.54 Å². The molecule has 1 atom stereocenters. The molecule has 0 saturated carbocycles. The van der Waals surface area contributed by atoms with Gasteiger partial charge in [0.2, 0.25) is 0 Å². The summed E-state index contributed by atoms with van der Waals surface area (Å²) in [5.74, 6) is 0.681. The van der Waals surface area contributed by atoms with Gasteiger partial charge >= 0.3 is 0 Å². The van der Waals surface area contributed by atoms with Gasteiger partial charge < -0.3 is 15.0 Å². The lowest BCUT2D eigenvalue weighted by Gasteiger charge is -2.20. The van der Waals surface area contributed by atoms with Gasteiger partial charge in [0.15, 0.2) is 5.13 Å². The highest BCUT2D eigenvalue weighted by Crippen LogP contribution is 2.27. The number of rotatable bonds is 8. The third-order valence-corrected chi connectivity index (χ3v) is 4.65. The summed E-state index contributed by atoms with van der Waals surface area (Å²) in [4.78, 5) is 8.31. The molecule has 0 aromatic carbocycles. The average Bonchev–Trinajstić information content (AvgIpc) is 2.79. The molecule has 4 nitrogen and oxygen atoms in total. The first-order chi connectivity index (χ1) is 9.76. The van der Waals surface area contributed by atoms with E-state index in [2.05, 4.69) is 51.9 Å². The second kappa shape index (κ2) is 8.11. The number of thiazole rings is 1. The molecular formula is C16H31N3OS. The van der Waals surface area contributed by atoms with Crippen molar-refractivity contribution in [1.82, 2.24) is 10.3 Å². The zero-order chi connectivity index (χ0) is 16.0. The molecule has 1 aromatic rings. The number of aromatic nitrogens is 1. The van der Waals surface area contributed by atoms with E-state index in [1.807, 2.05) is 0 Å². The second-order valence-corrected chi connectivity index (χ2v) is 7.86. The van der Waals surface area contributed by atoms with E-state index >= 15 is 0 Å². The zero-order valence-electron chi connectivity index (χ0n) is 14.6. The zero-order valence-corrected chi connectivity index (χ0v) is 15.4. The summed E-state index contributed by atoms with van der Waals surface area (Å²) >= 11 is 1.77. The van der Waals surface area contributed by atoms with Crippen molar-refractivity contribution in [3.8, 4) is 0 Å². The van der Waals surface area contributed by atoms with Crippen molar-refractivity contribution in [2.75, 3.05) is 25.6 Å². The van der Waals surface area contributed by atoms with Gasteiger partial charge in [0, 0.05) is 37.7 Å². The van der Waals surface area contributed by atoms with Crippen molar-refractivity contribution in [3.63, 3.8) is 0 Å². The van der Waals surface area contributed by atoms with Crippen LogP contribution in [0.5, 0.6) is 0 Å². The number of ether oxygens (including phenoxy) is 1. The summed E-state index contributed by atoms with van der Waals surface area (Å²) in [5, 5.41) is 4.63. The summed E-state index contributed by atoms with van der Waals surface area (Å²) in [6.07, 6.45) is 1.19. The van der Waals surface area contributed by atoms with Crippen molar-refractivity contribution < 1.29 is 4.74 Å². The van der Waals surface area contributed by atoms with Gasteiger partial charge in [0.25, 0.3) is 0 Å². The van der Waals surface area contributed by atoms with E-state index in [1.54, 1.807) is 18.4 Å². The molecule has 0 aliphatic heterocycles. The van der Waals surface area contributed by atoms with Gasteiger partial charge in [-0.15, -0.1) is 11.3 Å². The predicted molar refractivity (Wildman–Crippen MR) is 92.1 cm³/mol. The van der Waals surface area contributed by atoms with Crippen LogP contribution in [0.4, 0.5) is 5.13 Å². The number of nitrogens with zero attached hydrogens (tertiary/aromatic N) is 2. The van der Waals surface area contributed by atoms with Crippen molar-refractivity contribution in [3.05, 3.63) is 10.6 Å². The number of methoxy groups -OCH3 is 1. The smallest absolute Gasteiger partial charge is 0.185 e. The van der Waals surface area contributed by atoms with Crippen LogP contribution >= 0.6 is 11.3 Å². The quantitative estimate of drug-likeness (QED) is 0.795. The summed E-state index contributed by atoms with van der Waals surface area (Å²) in [5.41, 5.74) is 1.17. The first kappa shape index (κ1) is 18.4. The van der Waals surface area contributed by atoms with Crippen LogP contribution in [0.15, 0.2) is 0 Å². The molecule has 0 aliphatic carbocycles. The molecule has 0 amide bonds. The van der Waals surface area contributed by atoms with Crippen LogP contribution in [0, 0.1) is 5.92 Å². The highest BCUT2D eigenvalue weighted by molar-refractivity contribution is 7.15. The Labute approximate surface area is 133 Å². The summed E-state index contributed by atoms with van der Waals surface area (Å²) < 4.78 is 5.29. The van der Waals surface area contributed by atoms with Crippen LogP contribution in [0.3, 0.4) is 0 Å². The van der Waals surface area contributed by atoms with Gasteiger partial charge in [-0.1, -0.05) is 20.3 Å². The number of anilines is 1. The van der Waals surface area contributed by atoms with Crippen molar-refractivity contribution >= 4 is 16.5 Å². The monoisotopic (exact) mass is 313 g/mol. The summed E-state index contributed by atoms with van der Waals surface area (Å²) in [7, 11) is 3.85. The fourth-order valence-electron chi connectivity index (χ4n) is 1.94. The minimum atomic E-state index is 0.108. The summed E-state index contributed by atoms with van der Waals surface area (Å²) in [6.45, 7) is 13.5. The molecule has 0 spiro atoms. The lowest BCUT2D eigenvalue weighted by molar-refractivity contribution is 0.181. The minimum absolute atomic E-state index is 0.108. The molecule has 1 heterocycles. The van der Waals surface area contributed by atoms with E-state index in [0.29, 0.717) is 12.5 Å². The van der Waals surface area contributed by atoms with Crippen LogP contribution in [0.1, 0.15) is 51.6 Å². The average molecular weight is 314 g/mol. The topological polar surface area (TPSA) is 37.4 Å². The SMILES string of the molecule is CCC(C)CN(C)c1nc(COC)c(CNC(C)(C)C)s1. The fourth-order valence-corrected chi connectivity index (χ4v) is 2.91. The highest BCUT2D eigenvalue weighted by atomic mass is 32.1. The molecule has 1 N–H and O–H groups in total. The van der Waals surface area contributed by atoms with Gasteiger partial charge in [0.1, 0.15) is 0 Å². The predicted octanol–water partition coefficient (Wildman–Crippen LogP) is 3.66. The highest BCUT2D eigenvalue weighted by Gasteiger charge is 2.17. The van der Waals surface area contributed by atoms with Crippen molar-refractivity contribution in [2.24, 2.45) is 5.92 Å². The molecule has 21 heavy (non-hydrogen) atoms. The Balaban J connectivity index is 2.82. The molecule has 0 fully saturated rings.